The summed E-state index contributed by atoms with van der Waals surface area (Å²) >= 11 is 0. The third-order valence-electron chi connectivity index (χ3n) is 4.63. The number of nitrogens with zero attached hydrogens (tertiary/aromatic N) is 3. The molecule has 1 N–H and O–H groups in total. The minimum atomic E-state index is 0.0896. The molecule has 1 amide bonds. The summed E-state index contributed by atoms with van der Waals surface area (Å²) in [6, 6.07) is 12.5. The van der Waals surface area contributed by atoms with Crippen LogP contribution < -0.4 is 5.32 Å². The zero-order chi connectivity index (χ0) is 17.8. The van der Waals surface area contributed by atoms with Gasteiger partial charge in [-0.15, -0.1) is 0 Å². The van der Waals surface area contributed by atoms with Crippen molar-refractivity contribution in [2.75, 3.05) is 19.6 Å². The fourth-order valence-electron chi connectivity index (χ4n) is 3.41. The molecule has 1 aliphatic heterocycles. The molecule has 1 saturated heterocycles. The quantitative estimate of drug-likeness (QED) is 0.910. The lowest BCUT2D eigenvalue weighted by Gasteiger charge is -2.34. The number of amides is 1. The van der Waals surface area contributed by atoms with E-state index in [0.29, 0.717) is 24.7 Å². The minimum absolute atomic E-state index is 0.0896. The van der Waals surface area contributed by atoms with Gasteiger partial charge in [0.1, 0.15) is 5.69 Å². The Hall–Kier alpha value is -2.14. The number of benzene rings is 1. The number of nitrogens with one attached hydrogen (secondary N) is 1. The van der Waals surface area contributed by atoms with Crippen LogP contribution in [0.2, 0.25) is 0 Å². The fourth-order valence-corrected chi connectivity index (χ4v) is 3.41. The van der Waals surface area contributed by atoms with Crippen molar-refractivity contribution in [3.05, 3.63) is 53.3 Å². The smallest absolute Gasteiger partial charge is 0.272 e. The number of carbonyl (C=O) groups excluding carboxylic acids is 1. The first-order valence-corrected chi connectivity index (χ1v) is 9.22. The van der Waals surface area contributed by atoms with Gasteiger partial charge in [-0.05, 0) is 30.9 Å². The molecule has 5 heteroatoms. The number of hydrogen-bond donors (Lipinski definition) is 1. The van der Waals surface area contributed by atoms with Crippen LogP contribution in [0.1, 0.15) is 48.6 Å². The molecule has 1 aromatic heterocycles. The molecule has 0 radical (unpaired) electrons. The van der Waals surface area contributed by atoms with Gasteiger partial charge in [0.15, 0.2) is 0 Å². The number of aromatic nitrogens is 2. The maximum Gasteiger partial charge on any atom is 0.272 e. The van der Waals surface area contributed by atoms with Crippen molar-refractivity contribution in [2.45, 2.75) is 39.8 Å². The van der Waals surface area contributed by atoms with Crippen molar-refractivity contribution in [1.29, 1.82) is 0 Å². The molecule has 25 heavy (non-hydrogen) atoms. The second-order valence-electron chi connectivity index (χ2n) is 7.10. The Morgan fingerprint density at radius 2 is 2.08 bits per heavy atom. The summed E-state index contributed by atoms with van der Waals surface area (Å²) in [5, 5.41) is 8.13. The first-order chi connectivity index (χ1) is 12.1. The highest BCUT2D eigenvalue weighted by atomic mass is 16.2. The molecular formula is C20H28N4O. The average molecular weight is 340 g/mol. The normalized spacial score (nSPS) is 17.9. The van der Waals surface area contributed by atoms with E-state index in [1.165, 1.54) is 5.56 Å². The van der Waals surface area contributed by atoms with Gasteiger partial charge in [0.2, 0.25) is 0 Å². The molecule has 2 heterocycles. The molecule has 5 nitrogen and oxygen atoms in total. The Morgan fingerprint density at radius 3 is 2.76 bits per heavy atom. The molecule has 1 atom stereocenters. The summed E-state index contributed by atoms with van der Waals surface area (Å²) in [7, 11) is 0. The van der Waals surface area contributed by atoms with Crippen LogP contribution in [0, 0.1) is 5.92 Å². The Kier molecular flexibility index (Phi) is 5.53. The molecule has 0 unspecified atom stereocenters. The molecule has 1 aliphatic rings. The molecule has 2 aromatic rings. The maximum absolute atomic E-state index is 13.1. The van der Waals surface area contributed by atoms with Gasteiger partial charge in [0.05, 0.1) is 5.69 Å². The van der Waals surface area contributed by atoms with Gasteiger partial charge in [-0.1, -0.05) is 44.2 Å². The van der Waals surface area contributed by atoms with E-state index in [2.05, 4.69) is 36.4 Å². The van der Waals surface area contributed by atoms with E-state index in [-0.39, 0.29) is 11.9 Å². The number of carbonyl (C=O) groups is 1. The van der Waals surface area contributed by atoms with Gasteiger partial charge >= 0.3 is 0 Å². The lowest BCUT2D eigenvalue weighted by atomic mass is 10.0. The molecular weight excluding hydrogens is 312 g/mol. The Labute approximate surface area is 150 Å². The van der Waals surface area contributed by atoms with Gasteiger partial charge in [-0.3, -0.25) is 9.48 Å². The Bertz CT molecular complexity index is 708. The van der Waals surface area contributed by atoms with Gasteiger partial charge in [0.25, 0.3) is 5.91 Å². The molecule has 0 aliphatic carbocycles. The summed E-state index contributed by atoms with van der Waals surface area (Å²) in [5.41, 5.74) is 2.95. The topological polar surface area (TPSA) is 50.2 Å². The lowest BCUT2D eigenvalue weighted by molar-refractivity contribution is 0.0690. The number of rotatable bonds is 5. The molecule has 0 bridgehead atoms. The average Bonchev–Trinajstić information content (AvgIpc) is 3.04. The molecule has 1 fully saturated rings. The van der Waals surface area contributed by atoms with Crippen molar-refractivity contribution in [2.24, 2.45) is 5.92 Å². The van der Waals surface area contributed by atoms with Crippen LogP contribution in [0.25, 0.3) is 0 Å². The van der Waals surface area contributed by atoms with Gasteiger partial charge in [-0.2, -0.15) is 5.10 Å². The summed E-state index contributed by atoms with van der Waals surface area (Å²) in [6.45, 7) is 9.33. The van der Waals surface area contributed by atoms with Crippen LogP contribution in [0.15, 0.2) is 36.4 Å². The lowest BCUT2D eigenvalue weighted by Crippen LogP contribution is -2.48. The standard InChI is InChI=1S/C20H28N4O/c1-4-24-19(13-17(22-24)12-15(2)3)20(25)23-11-10-21-18(14-23)16-8-6-5-7-9-16/h5-9,13,15,18,21H,4,10-12,14H2,1-3H3/t18-/m0/s1. The number of hydrogen-bond acceptors (Lipinski definition) is 3. The van der Waals surface area contributed by atoms with Crippen molar-refractivity contribution in [1.82, 2.24) is 20.0 Å². The van der Waals surface area contributed by atoms with E-state index >= 15 is 0 Å². The Morgan fingerprint density at radius 1 is 1.32 bits per heavy atom. The monoisotopic (exact) mass is 340 g/mol. The molecule has 3 rings (SSSR count). The highest BCUT2D eigenvalue weighted by molar-refractivity contribution is 5.92. The van der Waals surface area contributed by atoms with Crippen LogP contribution in [0.4, 0.5) is 0 Å². The van der Waals surface area contributed by atoms with E-state index in [1.807, 2.05) is 40.8 Å². The number of piperazine rings is 1. The van der Waals surface area contributed by atoms with Crippen molar-refractivity contribution in [3.8, 4) is 0 Å². The van der Waals surface area contributed by atoms with E-state index in [9.17, 15) is 4.79 Å². The number of aryl methyl sites for hydroxylation is 1. The molecule has 0 spiro atoms. The highest BCUT2D eigenvalue weighted by Crippen LogP contribution is 2.19. The van der Waals surface area contributed by atoms with Gasteiger partial charge < -0.3 is 10.2 Å². The molecule has 0 saturated carbocycles. The summed E-state index contributed by atoms with van der Waals surface area (Å²) < 4.78 is 1.85. The third-order valence-corrected chi connectivity index (χ3v) is 4.63. The zero-order valence-corrected chi connectivity index (χ0v) is 15.4. The summed E-state index contributed by atoms with van der Waals surface area (Å²) in [4.78, 5) is 15.0. The van der Waals surface area contributed by atoms with Gasteiger partial charge in [0, 0.05) is 32.2 Å². The predicted molar refractivity (Wildman–Crippen MR) is 99.5 cm³/mol. The summed E-state index contributed by atoms with van der Waals surface area (Å²) in [5.74, 6) is 0.622. The summed E-state index contributed by atoms with van der Waals surface area (Å²) in [6.07, 6.45) is 0.904. The van der Waals surface area contributed by atoms with Crippen molar-refractivity contribution < 1.29 is 4.79 Å². The second-order valence-corrected chi connectivity index (χ2v) is 7.10. The van der Waals surface area contributed by atoms with Crippen molar-refractivity contribution >= 4 is 5.91 Å². The second kappa shape index (κ2) is 7.83. The third kappa shape index (κ3) is 4.10. The van der Waals surface area contributed by atoms with E-state index < -0.39 is 0 Å². The largest absolute Gasteiger partial charge is 0.334 e. The van der Waals surface area contributed by atoms with Gasteiger partial charge in [-0.25, -0.2) is 0 Å². The van der Waals surface area contributed by atoms with E-state index in [4.69, 9.17) is 0 Å². The van der Waals surface area contributed by atoms with Crippen LogP contribution in [-0.4, -0.2) is 40.2 Å². The SMILES string of the molecule is CCn1nc(CC(C)C)cc1C(=O)N1CCN[C@H](c2ccccc2)C1. The van der Waals surface area contributed by atoms with E-state index in [1.54, 1.807) is 0 Å². The first-order valence-electron chi connectivity index (χ1n) is 9.22. The Balaban J connectivity index is 1.77. The highest BCUT2D eigenvalue weighted by Gasteiger charge is 2.27. The predicted octanol–water partition coefficient (Wildman–Crippen LogP) is 2.89. The first kappa shape index (κ1) is 17.7. The van der Waals surface area contributed by atoms with E-state index in [0.717, 1.165) is 25.2 Å². The molecule has 1 aromatic carbocycles. The van der Waals surface area contributed by atoms with Crippen LogP contribution in [0.5, 0.6) is 0 Å². The van der Waals surface area contributed by atoms with Crippen LogP contribution >= 0.6 is 0 Å². The maximum atomic E-state index is 13.1. The van der Waals surface area contributed by atoms with Crippen LogP contribution in [0.3, 0.4) is 0 Å². The van der Waals surface area contributed by atoms with Crippen LogP contribution in [-0.2, 0) is 13.0 Å². The molecule has 134 valence electrons. The fraction of sp³-hybridized carbons (Fsp3) is 0.500. The van der Waals surface area contributed by atoms with Crippen molar-refractivity contribution in [3.63, 3.8) is 0 Å². The zero-order valence-electron chi connectivity index (χ0n) is 15.4. The minimum Gasteiger partial charge on any atom is -0.334 e.